The highest BCUT2D eigenvalue weighted by Gasteiger charge is 2.24. The largest absolute Gasteiger partial charge is 0.375 e. The van der Waals surface area contributed by atoms with Crippen molar-refractivity contribution in [2.24, 2.45) is 5.92 Å². The zero-order valence-electron chi connectivity index (χ0n) is 12.3. The Morgan fingerprint density at radius 1 is 1.11 bits per heavy atom. The summed E-state index contributed by atoms with van der Waals surface area (Å²) in [7, 11) is 0. The van der Waals surface area contributed by atoms with E-state index in [1.54, 1.807) is 6.08 Å². The molecule has 2 saturated heterocycles. The van der Waals surface area contributed by atoms with Crippen molar-refractivity contribution in [3.63, 3.8) is 0 Å². The van der Waals surface area contributed by atoms with E-state index >= 15 is 0 Å². The molecule has 0 amide bonds. The van der Waals surface area contributed by atoms with E-state index in [0.29, 0.717) is 0 Å². The molecule has 1 unspecified atom stereocenters. The Labute approximate surface area is 117 Å². The van der Waals surface area contributed by atoms with Gasteiger partial charge in [-0.25, -0.2) is 0 Å². The van der Waals surface area contributed by atoms with Gasteiger partial charge >= 0.3 is 0 Å². The van der Waals surface area contributed by atoms with E-state index in [-0.39, 0.29) is 0 Å². The second-order valence-electron chi connectivity index (χ2n) is 5.86. The number of hydrogen-bond acceptors (Lipinski definition) is 4. The fraction of sp³-hybridized carbons (Fsp3) is 0.867. The molecule has 2 rings (SSSR count). The maximum atomic E-state index is 9.73. The second kappa shape index (κ2) is 7.39. The van der Waals surface area contributed by atoms with Crippen molar-refractivity contribution >= 4 is 0 Å². The lowest BCUT2D eigenvalue weighted by molar-refractivity contribution is 0.000384. The van der Waals surface area contributed by atoms with E-state index < -0.39 is 6.23 Å². The molecule has 4 heteroatoms. The quantitative estimate of drug-likeness (QED) is 0.748. The molecule has 4 nitrogen and oxygen atoms in total. The summed E-state index contributed by atoms with van der Waals surface area (Å²) in [5.74, 6) is 0.874. The first kappa shape index (κ1) is 15.0. The first-order chi connectivity index (χ1) is 9.22. The summed E-state index contributed by atoms with van der Waals surface area (Å²) in [5.41, 5.74) is 0. The molecule has 0 aromatic carbocycles. The monoisotopic (exact) mass is 267 g/mol. The zero-order valence-corrected chi connectivity index (χ0v) is 12.3. The standard InChI is InChI=1S/C15H29N3O/c1-3-15(19)18-11-9-17(10-12-18)13-14-5-7-16(4-2)8-6-14/h3,14-15,19H,1,4-13H2,2H3. The van der Waals surface area contributed by atoms with Crippen LogP contribution in [0.1, 0.15) is 19.8 Å². The minimum Gasteiger partial charge on any atom is -0.375 e. The summed E-state index contributed by atoms with van der Waals surface area (Å²) in [4.78, 5) is 7.22. The number of aliphatic hydroxyl groups excluding tert-OH is 1. The molecular weight excluding hydrogens is 238 g/mol. The predicted molar refractivity (Wildman–Crippen MR) is 79.1 cm³/mol. The van der Waals surface area contributed by atoms with Gasteiger partial charge in [0.1, 0.15) is 6.23 Å². The van der Waals surface area contributed by atoms with Crippen molar-refractivity contribution < 1.29 is 5.11 Å². The van der Waals surface area contributed by atoms with E-state index in [1.807, 2.05) is 0 Å². The van der Waals surface area contributed by atoms with Gasteiger partial charge in [0.15, 0.2) is 0 Å². The van der Waals surface area contributed by atoms with Crippen molar-refractivity contribution in [3.05, 3.63) is 12.7 Å². The Morgan fingerprint density at radius 2 is 1.74 bits per heavy atom. The van der Waals surface area contributed by atoms with Gasteiger partial charge in [-0.2, -0.15) is 0 Å². The van der Waals surface area contributed by atoms with Crippen molar-refractivity contribution in [1.29, 1.82) is 0 Å². The lowest BCUT2D eigenvalue weighted by Crippen LogP contribution is -2.51. The lowest BCUT2D eigenvalue weighted by atomic mass is 9.96. The number of aliphatic hydroxyl groups is 1. The zero-order chi connectivity index (χ0) is 13.7. The maximum absolute atomic E-state index is 9.73. The van der Waals surface area contributed by atoms with Crippen LogP contribution in [0, 0.1) is 5.92 Å². The molecule has 0 saturated carbocycles. The van der Waals surface area contributed by atoms with Crippen LogP contribution < -0.4 is 0 Å². The van der Waals surface area contributed by atoms with Crippen molar-refractivity contribution in [2.45, 2.75) is 26.0 Å². The van der Waals surface area contributed by atoms with Gasteiger partial charge in [0.25, 0.3) is 0 Å². The van der Waals surface area contributed by atoms with E-state index in [9.17, 15) is 5.11 Å². The Hall–Kier alpha value is -0.420. The van der Waals surface area contributed by atoms with Crippen molar-refractivity contribution in [3.8, 4) is 0 Å². The molecule has 1 atom stereocenters. The maximum Gasteiger partial charge on any atom is 0.126 e. The predicted octanol–water partition coefficient (Wildman–Crippen LogP) is 0.840. The van der Waals surface area contributed by atoms with Crippen LogP contribution in [-0.4, -0.2) is 78.4 Å². The van der Waals surface area contributed by atoms with Gasteiger partial charge in [0, 0.05) is 32.7 Å². The average molecular weight is 267 g/mol. The van der Waals surface area contributed by atoms with E-state index in [0.717, 1.165) is 32.1 Å². The summed E-state index contributed by atoms with van der Waals surface area (Å²) in [6, 6.07) is 0. The van der Waals surface area contributed by atoms with Gasteiger partial charge in [0.05, 0.1) is 0 Å². The molecule has 0 spiro atoms. The molecule has 0 bridgehead atoms. The number of piperazine rings is 1. The molecule has 19 heavy (non-hydrogen) atoms. The topological polar surface area (TPSA) is 30.0 Å². The third-order valence-corrected chi connectivity index (χ3v) is 4.66. The minimum absolute atomic E-state index is 0.463. The van der Waals surface area contributed by atoms with Crippen LogP contribution in [0.2, 0.25) is 0 Å². The molecule has 0 aromatic heterocycles. The van der Waals surface area contributed by atoms with Crippen LogP contribution in [0.25, 0.3) is 0 Å². The molecule has 0 radical (unpaired) electrons. The first-order valence-corrected chi connectivity index (χ1v) is 7.72. The summed E-state index contributed by atoms with van der Waals surface area (Å²) in [6.07, 6.45) is 3.86. The molecule has 2 aliphatic heterocycles. The Balaban J connectivity index is 1.67. The van der Waals surface area contributed by atoms with Gasteiger partial charge in [-0.05, 0) is 44.5 Å². The second-order valence-corrected chi connectivity index (χ2v) is 5.86. The fourth-order valence-electron chi connectivity index (χ4n) is 3.21. The Bertz CT molecular complexity index is 269. The third kappa shape index (κ3) is 4.28. The van der Waals surface area contributed by atoms with Gasteiger partial charge in [-0.3, -0.25) is 4.90 Å². The van der Waals surface area contributed by atoms with Crippen molar-refractivity contribution in [1.82, 2.24) is 14.7 Å². The van der Waals surface area contributed by atoms with Gasteiger partial charge < -0.3 is 14.9 Å². The SMILES string of the molecule is C=CC(O)N1CCN(CC2CCN(CC)CC2)CC1. The Kier molecular flexibility index (Phi) is 5.82. The molecule has 1 N–H and O–H groups in total. The molecule has 2 heterocycles. The van der Waals surface area contributed by atoms with Crippen molar-refractivity contribution in [2.75, 3.05) is 52.4 Å². The van der Waals surface area contributed by atoms with Crippen LogP contribution in [0.4, 0.5) is 0 Å². The molecule has 0 aromatic rings. The number of rotatable bonds is 5. The number of piperidine rings is 1. The van der Waals surface area contributed by atoms with E-state index in [4.69, 9.17) is 0 Å². The van der Waals surface area contributed by atoms with Crippen LogP contribution in [-0.2, 0) is 0 Å². The summed E-state index contributed by atoms with van der Waals surface area (Å²) < 4.78 is 0. The van der Waals surface area contributed by atoms with Crippen LogP contribution in [0.15, 0.2) is 12.7 Å². The summed E-state index contributed by atoms with van der Waals surface area (Å²) in [5, 5.41) is 9.73. The molecule has 2 fully saturated rings. The highest BCUT2D eigenvalue weighted by molar-refractivity contribution is 4.84. The first-order valence-electron chi connectivity index (χ1n) is 7.72. The Morgan fingerprint density at radius 3 is 2.26 bits per heavy atom. The van der Waals surface area contributed by atoms with E-state index in [1.165, 1.54) is 39.0 Å². The molecule has 110 valence electrons. The molecule has 0 aliphatic carbocycles. The number of hydrogen-bond donors (Lipinski definition) is 1. The summed E-state index contributed by atoms with van der Waals surface area (Å²) in [6.45, 7) is 15.0. The van der Waals surface area contributed by atoms with Gasteiger partial charge in [-0.1, -0.05) is 13.5 Å². The van der Waals surface area contributed by atoms with Crippen LogP contribution in [0.5, 0.6) is 0 Å². The minimum atomic E-state index is -0.463. The van der Waals surface area contributed by atoms with Gasteiger partial charge in [0.2, 0.25) is 0 Å². The normalized spacial score (nSPS) is 26.4. The smallest absolute Gasteiger partial charge is 0.126 e. The highest BCUT2D eigenvalue weighted by atomic mass is 16.3. The van der Waals surface area contributed by atoms with E-state index in [2.05, 4.69) is 28.2 Å². The molecular formula is C15H29N3O. The average Bonchev–Trinajstić information content (AvgIpc) is 2.48. The lowest BCUT2D eigenvalue weighted by Gasteiger charge is -2.39. The summed E-state index contributed by atoms with van der Waals surface area (Å²) >= 11 is 0. The third-order valence-electron chi connectivity index (χ3n) is 4.66. The van der Waals surface area contributed by atoms with Crippen LogP contribution in [0.3, 0.4) is 0 Å². The number of nitrogens with zero attached hydrogens (tertiary/aromatic N) is 3. The fourth-order valence-corrected chi connectivity index (χ4v) is 3.21. The molecule has 2 aliphatic rings. The van der Waals surface area contributed by atoms with Crippen LogP contribution >= 0.6 is 0 Å². The number of likely N-dealkylation sites (tertiary alicyclic amines) is 1. The van der Waals surface area contributed by atoms with Gasteiger partial charge in [-0.15, -0.1) is 0 Å². The highest BCUT2D eigenvalue weighted by Crippen LogP contribution is 2.19.